The highest BCUT2D eigenvalue weighted by atomic mass is 19.1. The molecule has 5 aromatic rings. The lowest BCUT2D eigenvalue weighted by Crippen LogP contribution is -2.30. The number of hydrogen-bond donors (Lipinski definition) is 2. The average Bonchev–Trinajstić information content (AvgIpc) is 3.45. The van der Waals surface area contributed by atoms with Crippen molar-refractivity contribution < 1.29 is 13.5 Å². The van der Waals surface area contributed by atoms with Crippen LogP contribution in [-0.4, -0.2) is 50.4 Å². The van der Waals surface area contributed by atoms with Gasteiger partial charge >= 0.3 is 0 Å². The van der Waals surface area contributed by atoms with Gasteiger partial charge in [0.05, 0.1) is 23.0 Å². The number of nitrogens with one attached hydrogen (secondary N) is 2. The van der Waals surface area contributed by atoms with Crippen LogP contribution in [0.25, 0.3) is 44.3 Å². The number of ether oxygens (including phenoxy) is 1. The Kier molecular flexibility index (Phi) is 4.80. The minimum Gasteiger partial charge on any atom is -0.487 e. The number of fused-ring (bicyclic) bond motifs is 5. The Morgan fingerprint density at radius 1 is 0.973 bits per heavy atom. The maximum absolute atomic E-state index is 14.0. The van der Waals surface area contributed by atoms with E-state index in [1.165, 1.54) is 12.1 Å². The fraction of sp³-hybridized carbons (Fsp3) is 0.222. The minimum absolute atomic E-state index is 0.144. The van der Waals surface area contributed by atoms with E-state index in [9.17, 15) is 18.4 Å². The van der Waals surface area contributed by atoms with E-state index in [-0.39, 0.29) is 17.4 Å². The molecule has 0 aliphatic carbocycles. The monoisotopic (exact) mass is 501 g/mol. The first-order chi connectivity index (χ1) is 17.9. The van der Waals surface area contributed by atoms with Crippen molar-refractivity contribution in [3.8, 4) is 28.1 Å². The van der Waals surface area contributed by atoms with Crippen LogP contribution in [0, 0.1) is 11.6 Å². The van der Waals surface area contributed by atoms with E-state index < -0.39 is 17.2 Å². The van der Waals surface area contributed by atoms with Gasteiger partial charge in [0, 0.05) is 31.3 Å². The summed E-state index contributed by atoms with van der Waals surface area (Å²) < 4.78 is 36.0. The molecule has 8 nitrogen and oxygen atoms in total. The second-order valence-corrected chi connectivity index (χ2v) is 9.57. The largest absolute Gasteiger partial charge is 0.487 e. The molecule has 0 spiro atoms. The molecule has 2 N–H and O–H groups in total. The third-order valence-corrected chi connectivity index (χ3v) is 7.16. The number of rotatable bonds is 1. The number of halogens is 2. The summed E-state index contributed by atoms with van der Waals surface area (Å²) in [4.78, 5) is 36.1. The molecule has 4 heterocycles. The topological polar surface area (TPSA) is 96.0 Å². The molecular weight excluding hydrogens is 480 g/mol. The summed E-state index contributed by atoms with van der Waals surface area (Å²) in [6.07, 6.45) is 0.613. The van der Waals surface area contributed by atoms with E-state index in [0.29, 0.717) is 64.0 Å². The molecule has 37 heavy (non-hydrogen) atoms. The Labute approximate surface area is 208 Å². The number of H-pyrrole nitrogens is 2. The number of aromatic amines is 2. The van der Waals surface area contributed by atoms with Crippen LogP contribution >= 0.6 is 0 Å². The molecule has 7 rings (SSSR count). The zero-order valence-electron chi connectivity index (χ0n) is 19.6. The highest BCUT2D eigenvalue weighted by Gasteiger charge is 2.26. The predicted octanol–water partition coefficient (Wildman–Crippen LogP) is 3.65. The number of aromatic nitrogens is 4. The molecule has 186 valence electrons. The minimum atomic E-state index is -0.700. The third kappa shape index (κ3) is 3.63. The van der Waals surface area contributed by atoms with Gasteiger partial charge in [-0.2, -0.15) is 0 Å². The first-order valence-corrected chi connectivity index (χ1v) is 12.1. The molecule has 0 amide bonds. The Balaban J connectivity index is 1.51. The van der Waals surface area contributed by atoms with Crippen LogP contribution in [0.2, 0.25) is 0 Å². The van der Waals surface area contributed by atoms with E-state index in [1.807, 2.05) is 0 Å². The quantitative estimate of drug-likeness (QED) is 0.366. The van der Waals surface area contributed by atoms with E-state index in [2.05, 4.69) is 15.0 Å². The van der Waals surface area contributed by atoms with Crippen molar-refractivity contribution in [2.75, 3.05) is 19.6 Å². The first-order valence-electron chi connectivity index (χ1n) is 12.1. The lowest BCUT2D eigenvalue weighted by Gasteiger charge is -2.19. The number of para-hydroxylation sites is 1. The van der Waals surface area contributed by atoms with Gasteiger partial charge in [0.15, 0.2) is 0 Å². The molecule has 3 aromatic carbocycles. The van der Waals surface area contributed by atoms with Gasteiger partial charge in [-0.05, 0) is 47.9 Å². The van der Waals surface area contributed by atoms with Crippen LogP contribution < -0.4 is 15.9 Å². The van der Waals surface area contributed by atoms with E-state index >= 15 is 0 Å². The van der Waals surface area contributed by atoms with Crippen molar-refractivity contribution in [1.29, 1.82) is 0 Å². The summed E-state index contributed by atoms with van der Waals surface area (Å²) in [6.45, 7) is 2.57. The number of nitrogens with zero attached hydrogens (tertiary/aromatic N) is 3. The SMILES string of the molecule is O=c1[nH]c2cc(-c3cc(F)cc(F)c3)cc3c2nc1-c1cccc2c(=O)n([nH]c12)CCN1CC[C@@H](C1)O3. The van der Waals surface area contributed by atoms with Crippen molar-refractivity contribution in [3.05, 3.63) is 80.9 Å². The van der Waals surface area contributed by atoms with Gasteiger partial charge in [-0.3, -0.25) is 24.3 Å². The first kappa shape index (κ1) is 21.9. The Hall–Kier alpha value is -4.31. The van der Waals surface area contributed by atoms with Gasteiger partial charge in [-0.1, -0.05) is 12.1 Å². The molecule has 2 atom stereocenters. The van der Waals surface area contributed by atoms with Gasteiger partial charge in [-0.15, -0.1) is 0 Å². The highest BCUT2D eigenvalue weighted by Crippen LogP contribution is 2.34. The van der Waals surface area contributed by atoms with Crippen LogP contribution in [0.3, 0.4) is 0 Å². The Bertz CT molecular complexity index is 1820. The Morgan fingerprint density at radius 3 is 2.62 bits per heavy atom. The van der Waals surface area contributed by atoms with Crippen molar-refractivity contribution in [2.45, 2.75) is 19.1 Å². The predicted molar refractivity (Wildman–Crippen MR) is 135 cm³/mol. The zero-order chi connectivity index (χ0) is 25.3. The second kappa shape index (κ2) is 8.10. The van der Waals surface area contributed by atoms with Crippen LogP contribution in [0.4, 0.5) is 8.78 Å². The summed E-state index contributed by atoms with van der Waals surface area (Å²) in [7, 11) is 0. The summed E-state index contributed by atoms with van der Waals surface area (Å²) in [5, 5.41) is 3.66. The normalized spacial score (nSPS) is 19.0. The van der Waals surface area contributed by atoms with E-state index in [4.69, 9.17) is 9.72 Å². The molecule has 6 bridgehead atoms. The van der Waals surface area contributed by atoms with Gasteiger partial charge in [0.1, 0.15) is 34.7 Å². The lowest BCUT2D eigenvalue weighted by molar-refractivity contribution is 0.199. The summed E-state index contributed by atoms with van der Waals surface area (Å²) in [6, 6.07) is 11.8. The second-order valence-electron chi connectivity index (χ2n) is 9.57. The van der Waals surface area contributed by atoms with Crippen LogP contribution in [0.15, 0.2) is 58.1 Å². The number of benzene rings is 3. The summed E-state index contributed by atoms with van der Waals surface area (Å²) in [5.41, 5.74) is 2.19. The smallest absolute Gasteiger partial charge is 0.275 e. The molecule has 0 saturated carbocycles. The maximum atomic E-state index is 14.0. The van der Waals surface area contributed by atoms with Crippen molar-refractivity contribution in [2.24, 2.45) is 0 Å². The average molecular weight is 501 g/mol. The summed E-state index contributed by atoms with van der Waals surface area (Å²) in [5.74, 6) is -0.985. The standard InChI is InChI=1S/C27H21F2N5O3/c28-16-8-14(9-17(29)12-16)15-10-21-25-22(11-15)37-18-4-5-33(13-18)6-7-34-27(36)20-3-1-2-19(23(20)32-34)24(31-25)26(35)30-21/h1-3,8-12,18,32H,4-7,13H2,(H,30,35)/t18-/m0/s1. The van der Waals surface area contributed by atoms with Gasteiger partial charge < -0.3 is 9.72 Å². The van der Waals surface area contributed by atoms with Crippen LogP contribution in [-0.2, 0) is 6.54 Å². The molecule has 1 unspecified atom stereocenters. The van der Waals surface area contributed by atoms with Crippen molar-refractivity contribution >= 4 is 21.9 Å². The molecule has 1 saturated heterocycles. The van der Waals surface area contributed by atoms with Crippen molar-refractivity contribution in [1.82, 2.24) is 24.6 Å². The Morgan fingerprint density at radius 2 is 1.78 bits per heavy atom. The van der Waals surface area contributed by atoms with E-state index in [0.717, 1.165) is 19.0 Å². The molecule has 1 fully saturated rings. The van der Waals surface area contributed by atoms with Crippen LogP contribution in [0.5, 0.6) is 5.75 Å². The fourth-order valence-electron chi connectivity index (χ4n) is 5.38. The fourth-order valence-corrected chi connectivity index (χ4v) is 5.38. The van der Waals surface area contributed by atoms with E-state index in [1.54, 1.807) is 35.0 Å². The van der Waals surface area contributed by atoms with Crippen LogP contribution in [0.1, 0.15) is 6.42 Å². The molecule has 2 aliphatic heterocycles. The zero-order valence-corrected chi connectivity index (χ0v) is 19.6. The van der Waals surface area contributed by atoms with Gasteiger partial charge in [0.25, 0.3) is 11.1 Å². The molecular formula is C27H21F2N5O3. The molecule has 10 heteroatoms. The molecule has 2 aromatic heterocycles. The third-order valence-electron chi connectivity index (χ3n) is 7.16. The summed E-state index contributed by atoms with van der Waals surface area (Å²) >= 11 is 0. The van der Waals surface area contributed by atoms with Crippen molar-refractivity contribution in [3.63, 3.8) is 0 Å². The lowest BCUT2D eigenvalue weighted by atomic mass is 10.0. The van der Waals surface area contributed by atoms with Gasteiger partial charge in [0.2, 0.25) is 0 Å². The molecule has 2 aliphatic rings. The van der Waals surface area contributed by atoms with Gasteiger partial charge in [-0.25, -0.2) is 13.8 Å². The number of hydrogen-bond acceptors (Lipinski definition) is 5. The molecule has 0 radical (unpaired) electrons. The maximum Gasteiger partial charge on any atom is 0.275 e. The highest BCUT2D eigenvalue weighted by molar-refractivity contribution is 5.94.